The lowest BCUT2D eigenvalue weighted by atomic mass is 9.95. The van der Waals surface area contributed by atoms with E-state index >= 15 is 0 Å². The van der Waals surface area contributed by atoms with Crippen molar-refractivity contribution in [3.05, 3.63) is 12.7 Å². The molecule has 0 heterocycles. The van der Waals surface area contributed by atoms with E-state index in [-0.39, 0.29) is 0 Å². The Labute approximate surface area is 83.4 Å². The molecule has 0 aliphatic carbocycles. The molecule has 0 radical (unpaired) electrons. The first kappa shape index (κ1) is 12.7. The first-order chi connectivity index (χ1) is 6.22. The van der Waals surface area contributed by atoms with Crippen LogP contribution in [0.2, 0.25) is 0 Å². The van der Waals surface area contributed by atoms with Crippen molar-refractivity contribution in [3.8, 4) is 0 Å². The number of nitrogens with two attached hydrogens (primary N) is 1. The standard InChI is InChI=1S/C12H25N/c1-4-6-7-8-9-10-12(13)11(3)5-2/h4,11-12H,1,5-10,13H2,2-3H3. The van der Waals surface area contributed by atoms with Crippen LogP contribution in [0, 0.1) is 5.92 Å². The van der Waals surface area contributed by atoms with E-state index in [1.165, 1.54) is 32.1 Å². The van der Waals surface area contributed by atoms with Crippen LogP contribution in [-0.2, 0) is 0 Å². The lowest BCUT2D eigenvalue weighted by Crippen LogP contribution is -2.27. The molecule has 0 aromatic heterocycles. The number of hydrogen-bond acceptors (Lipinski definition) is 1. The first-order valence-electron chi connectivity index (χ1n) is 5.58. The largest absolute Gasteiger partial charge is 0.327 e. The maximum absolute atomic E-state index is 6.02. The zero-order valence-corrected chi connectivity index (χ0v) is 9.26. The van der Waals surface area contributed by atoms with E-state index in [2.05, 4.69) is 20.4 Å². The summed E-state index contributed by atoms with van der Waals surface area (Å²) in [6, 6.07) is 0.411. The Morgan fingerprint density at radius 2 is 2.00 bits per heavy atom. The van der Waals surface area contributed by atoms with Gasteiger partial charge in [0, 0.05) is 6.04 Å². The quantitative estimate of drug-likeness (QED) is 0.452. The van der Waals surface area contributed by atoms with Crippen LogP contribution in [0.3, 0.4) is 0 Å². The van der Waals surface area contributed by atoms with Gasteiger partial charge in [-0.1, -0.05) is 39.2 Å². The Morgan fingerprint density at radius 3 is 2.54 bits per heavy atom. The molecule has 0 aliphatic rings. The molecule has 0 spiro atoms. The Bertz CT molecular complexity index is 120. The van der Waals surface area contributed by atoms with Crippen molar-refractivity contribution in [1.29, 1.82) is 0 Å². The molecule has 0 amide bonds. The number of unbranched alkanes of at least 4 members (excludes halogenated alkanes) is 3. The zero-order valence-electron chi connectivity index (χ0n) is 9.26. The molecule has 78 valence electrons. The molecule has 13 heavy (non-hydrogen) atoms. The molecule has 0 aliphatic heterocycles. The molecular formula is C12H25N. The summed E-state index contributed by atoms with van der Waals surface area (Å²) in [5.41, 5.74) is 6.02. The Hall–Kier alpha value is -0.300. The van der Waals surface area contributed by atoms with E-state index in [4.69, 9.17) is 5.73 Å². The van der Waals surface area contributed by atoms with Gasteiger partial charge in [0.25, 0.3) is 0 Å². The van der Waals surface area contributed by atoms with Crippen molar-refractivity contribution in [1.82, 2.24) is 0 Å². The van der Waals surface area contributed by atoms with Gasteiger partial charge in [-0.3, -0.25) is 0 Å². The second-order valence-corrected chi connectivity index (χ2v) is 3.98. The molecule has 0 fully saturated rings. The Morgan fingerprint density at radius 1 is 1.31 bits per heavy atom. The van der Waals surface area contributed by atoms with Crippen molar-refractivity contribution >= 4 is 0 Å². The van der Waals surface area contributed by atoms with Gasteiger partial charge in [0.2, 0.25) is 0 Å². The van der Waals surface area contributed by atoms with Gasteiger partial charge in [-0.05, 0) is 25.2 Å². The molecule has 0 bridgehead atoms. The van der Waals surface area contributed by atoms with Crippen LogP contribution >= 0.6 is 0 Å². The van der Waals surface area contributed by atoms with Gasteiger partial charge >= 0.3 is 0 Å². The van der Waals surface area contributed by atoms with E-state index in [9.17, 15) is 0 Å². The fraction of sp³-hybridized carbons (Fsp3) is 0.833. The summed E-state index contributed by atoms with van der Waals surface area (Å²) in [5.74, 6) is 0.680. The Balaban J connectivity index is 3.26. The van der Waals surface area contributed by atoms with Crippen molar-refractivity contribution in [2.75, 3.05) is 0 Å². The predicted molar refractivity (Wildman–Crippen MR) is 60.7 cm³/mol. The minimum Gasteiger partial charge on any atom is -0.327 e. The van der Waals surface area contributed by atoms with E-state index in [1.807, 2.05) is 6.08 Å². The van der Waals surface area contributed by atoms with E-state index < -0.39 is 0 Å². The topological polar surface area (TPSA) is 26.0 Å². The highest BCUT2D eigenvalue weighted by molar-refractivity contribution is 4.69. The van der Waals surface area contributed by atoms with E-state index in [1.54, 1.807) is 0 Å². The highest BCUT2D eigenvalue weighted by Crippen LogP contribution is 2.12. The molecule has 2 N–H and O–H groups in total. The summed E-state index contributed by atoms with van der Waals surface area (Å²) in [7, 11) is 0. The van der Waals surface area contributed by atoms with Crippen LogP contribution in [-0.4, -0.2) is 6.04 Å². The number of hydrogen-bond donors (Lipinski definition) is 1. The summed E-state index contributed by atoms with van der Waals surface area (Å²) in [5, 5.41) is 0. The highest BCUT2D eigenvalue weighted by atomic mass is 14.6. The maximum Gasteiger partial charge on any atom is 0.00644 e. The summed E-state index contributed by atoms with van der Waals surface area (Å²) >= 11 is 0. The second kappa shape index (κ2) is 8.31. The fourth-order valence-electron chi connectivity index (χ4n) is 1.43. The lowest BCUT2D eigenvalue weighted by molar-refractivity contribution is 0.405. The van der Waals surface area contributed by atoms with Gasteiger partial charge in [-0.25, -0.2) is 0 Å². The monoisotopic (exact) mass is 183 g/mol. The molecule has 1 nitrogen and oxygen atoms in total. The molecular weight excluding hydrogens is 158 g/mol. The van der Waals surface area contributed by atoms with Gasteiger partial charge < -0.3 is 5.73 Å². The van der Waals surface area contributed by atoms with Crippen LogP contribution in [0.25, 0.3) is 0 Å². The summed E-state index contributed by atoms with van der Waals surface area (Å²) in [6.07, 6.45) is 9.39. The molecule has 1 heteroatoms. The van der Waals surface area contributed by atoms with Crippen molar-refractivity contribution in [3.63, 3.8) is 0 Å². The minimum atomic E-state index is 0.411. The van der Waals surface area contributed by atoms with Gasteiger partial charge in [0.05, 0.1) is 0 Å². The number of allylic oxidation sites excluding steroid dienone is 1. The van der Waals surface area contributed by atoms with Crippen molar-refractivity contribution in [2.45, 2.75) is 58.4 Å². The van der Waals surface area contributed by atoms with Crippen molar-refractivity contribution < 1.29 is 0 Å². The van der Waals surface area contributed by atoms with Crippen molar-refractivity contribution in [2.24, 2.45) is 11.7 Å². The third-order valence-corrected chi connectivity index (χ3v) is 2.82. The van der Waals surface area contributed by atoms with Crippen LogP contribution in [0.15, 0.2) is 12.7 Å². The van der Waals surface area contributed by atoms with Gasteiger partial charge in [0.15, 0.2) is 0 Å². The second-order valence-electron chi connectivity index (χ2n) is 3.98. The zero-order chi connectivity index (χ0) is 10.1. The predicted octanol–water partition coefficient (Wildman–Crippen LogP) is 3.50. The maximum atomic E-state index is 6.02. The SMILES string of the molecule is C=CCCCCCC(N)C(C)CC. The van der Waals surface area contributed by atoms with Gasteiger partial charge in [0.1, 0.15) is 0 Å². The molecule has 0 aromatic rings. The van der Waals surface area contributed by atoms with E-state index in [0.29, 0.717) is 12.0 Å². The normalized spacial score (nSPS) is 15.3. The smallest absolute Gasteiger partial charge is 0.00644 e. The molecule has 0 saturated heterocycles. The van der Waals surface area contributed by atoms with Crippen LogP contribution in [0.5, 0.6) is 0 Å². The molecule has 2 atom stereocenters. The van der Waals surface area contributed by atoms with Crippen LogP contribution < -0.4 is 5.73 Å². The fourth-order valence-corrected chi connectivity index (χ4v) is 1.43. The van der Waals surface area contributed by atoms with Crippen LogP contribution in [0.4, 0.5) is 0 Å². The lowest BCUT2D eigenvalue weighted by Gasteiger charge is -2.17. The third kappa shape index (κ3) is 6.83. The van der Waals surface area contributed by atoms with Crippen LogP contribution in [0.1, 0.15) is 52.4 Å². The first-order valence-corrected chi connectivity index (χ1v) is 5.58. The molecule has 0 rings (SSSR count). The average molecular weight is 183 g/mol. The van der Waals surface area contributed by atoms with Gasteiger partial charge in [-0.2, -0.15) is 0 Å². The summed E-state index contributed by atoms with van der Waals surface area (Å²) in [4.78, 5) is 0. The average Bonchev–Trinajstić information content (AvgIpc) is 2.16. The van der Waals surface area contributed by atoms with Gasteiger partial charge in [-0.15, -0.1) is 6.58 Å². The Kier molecular flexibility index (Phi) is 8.11. The number of rotatable bonds is 8. The third-order valence-electron chi connectivity index (χ3n) is 2.82. The molecule has 2 unspecified atom stereocenters. The summed E-state index contributed by atoms with van der Waals surface area (Å²) in [6.45, 7) is 8.17. The molecule has 0 saturated carbocycles. The van der Waals surface area contributed by atoms with E-state index in [0.717, 1.165) is 6.42 Å². The highest BCUT2D eigenvalue weighted by Gasteiger charge is 2.09. The minimum absolute atomic E-state index is 0.411. The molecule has 0 aromatic carbocycles. The summed E-state index contributed by atoms with van der Waals surface area (Å²) < 4.78 is 0.